The molecule has 0 bridgehead atoms. The van der Waals surface area contributed by atoms with E-state index in [2.05, 4.69) is 22.6 Å². The number of nitrogens with zero attached hydrogens (tertiary/aromatic N) is 3. The van der Waals surface area contributed by atoms with Crippen LogP contribution in [0.15, 0.2) is 60.8 Å². The van der Waals surface area contributed by atoms with E-state index in [0.717, 1.165) is 47.1 Å². The third kappa shape index (κ3) is 4.17. The van der Waals surface area contributed by atoms with Gasteiger partial charge in [-0.2, -0.15) is 10.4 Å². The van der Waals surface area contributed by atoms with Gasteiger partial charge in [0.25, 0.3) is 0 Å². The molecule has 1 saturated carbocycles. The largest absolute Gasteiger partial charge is 0.493 e. The molecule has 0 radical (unpaired) electrons. The number of rotatable bonds is 6. The molecule has 1 spiro atoms. The average Bonchev–Trinajstić information content (AvgIpc) is 3.40. The Morgan fingerprint density at radius 1 is 1.31 bits per heavy atom. The summed E-state index contributed by atoms with van der Waals surface area (Å²) in [5.41, 5.74) is 4.46. The zero-order valence-corrected chi connectivity index (χ0v) is 19.2. The molecule has 1 aliphatic carbocycles. The van der Waals surface area contributed by atoms with Crippen LogP contribution in [-0.2, 0) is 28.5 Å². The summed E-state index contributed by atoms with van der Waals surface area (Å²) in [6.07, 6.45) is 6.14. The van der Waals surface area contributed by atoms with Gasteiger partial charge in [0.1, 0.15) is 5.75 Å². The summed E-state index contributed by atoms with van der Waals surface area (Å²) < 4.78 is 7.73. The molecule has 0 saturated heterocycles. The molecule has 2 N–H and O–H groups in total. The average molecular weight is 469 g/mol. The summed E-state index contributed by atoms with van der Waals surface area (Å²) >= 11 is 0. The number of carboxylic acid groups (broad SMARTS) is 1. The zero-order valence-electron chi connectivity index (χ0n) is 19.2. The first-order valence-electron chi connectivity index (χ1n) is 11.4. The van der Waals surface area contributed by atoms with Crippen LogP contribution in [0, 0.1) is 17.2 Å². The Balaban J connectivity index is 1.41. The molecule has 1 amide bonds. The number of nitrogens with one attached hydrogen (secondary N) is 1. The lowest BCUT2D eigenvalue weighted by Crippen LogP contribution is -2.27. The Bertz CT molecular complexity index is 1400. The second kappa shape index (κ2) is 8.76. The first-order valence-corrected chi connectivity index (χ1v) is 11.4. The molecule has 5 rings (SSSR count). The van der Waals surface area contributed by atoms with Gasteiger partial charge in [0.15, 0.2) is 0 Å². The van der Waals surface area contributed by atoms with Crippen LogP contribution in [0.1, 0.15) is 29.5 Å². The van der Waals surface area contributed by atoms with Gasteiger partial charge in [-0.1, -0.05) is 12.1 Å². The topological polar surface area (TPSA) is 117 Å². The Labute approximate surface area is 202 Å². The molecule has 1 aromatic heterocycles. The Morgan fingerprint density at radius 3 is 2.91 bits per heavy atom. The lowest BCUT2D eigenvalue weighted by Gasteiger charge is -2.27. The molecule has 2 heterocycles. The van der Waals surface area contributed by atoms with E-state index < -0.39 is 5.97 Å². The summed E-state index contributed by atoms with van der Waals surface area (Å²) in [5, 5.41) is 25.5. The smallest absolute Gasteiger partial charge is 0.327 e. The number of allylic oxidation sites excluding steroid dienone is 1. The van der Waals surface area contributed by atoms with Gasteiger partial charge >= 0.3 is 5.97 Å². The molecule has 2 atom stereocenters. The zero-order chi connectivity index (χ0) is 24.6. The van der Waals surface area contributed by atoms with Crippen molar-refractivity contribution in [1.82, 2.24) is 9.78 Å². The number of ether oxygens (including phenoxy) is 1. The molecule has 1 fully saturated rings. The van der Waals surface area contributed by atoms with Crippen molar-refractivity contribution in [2.75, 3.05) is 11.9 Å². The summed E-state index contributed by atoms with van der Waals surface area (Å²) in [5.74, 6) is -0.557. The van der Waals surface area contributed by atoms with Gasteiger partial charge in [-0.15, -0.1) is 0 Å². The highest BCUT2D eigenvalue weighted by Crippen LogP contribution is 2.61. The number of hydrogen-bond acceptors (Lipinski definition) is 5. The maximum Gasteiger partial charge on any atom is 0.327 e. The number of aliphatic carboxylic acids is 1. The fraction of sp³-hybridized carbons (Fsp3) is 0.259. The van der Waals surface area contributed by atoms with Gasteiger partial charge in [-0.3, -0.25) is 9.48 Å². The number of amides is 1. The quantitative estimate of drug-likeness (QED) is 0.531. The van der Waals surface area contributed by atoms with Crippen molar-refractivity contribution in [2.45, 2.75) is 24.7 Å². The van der Waals surface area contributed by atoms with Crippen LogP contribution in [0.3, 0.4) is 0 Å². The lowest BCUT2D eigenvalue weighted by molar-refractivity contribution is -0.131. The predicted molar refractivity (Wildman–Crippen MR) is 129 cm³/mol. The molecular weight excluding hydrogens is 444 g/mol. The standard InChI is InChI=1S/C27H24N4O4/c1-31-23(9-11-29-31)19-7-8-24-20(14-19)27(10-12-35-24)15-21(27)26(34)30-22-13-17(16-28)5-6-18(22)3-2-4-25(32)33/h2,4-9,11,13-14,21H,3,10,12,15H2,1H3,(H,30,34)(H,32,33)/t21-,27-/m0/s1. The van der Waals surface area contributed by atoms with E-state index in [1.807, 2.05) is 29.9 Å². The van der Waals surface area contributed by atoms with Crippen molar-refractivity contribution in [1.29, 1.82) is 5.26 Å². The second-order valence-corrected chi connectivity index (χ2v) is 8.98. The Hall–Kier alpha value is -4.38. The summed E-state index contributed by atoms with van der Waals surface area (Å²) in [7, 11) is 1.90. The van der Waals surface area contributed by atoms with Crippen LogP contribution in [0.2, 0.25) is 0 Å². The van der Waals surface area contributed by atoms with Crippen molar-refractivity contribution in [2.24, 2.45) is 13.0 Å². The highest BCUT2D eigenvalue weighted by Gasteiger charge is 2.61. The lowest BCUT2D eigenvalue weighted by atomic mass is 9.86. The molecule has 8 heteroatoms. The van der Waals surface area contributed by atoms with Crippen LogP contribution in [0.25, 0.3) is 11.3 Å². The summed E-state index contributed by atoms with van der Waals surface area (Å²) in [4.78, 5) is 24.2. The summed E-state index contributed by atoms with van der Waals surface area (Å²) in [6.45, 7) is 0.553. The third-order valence-corrected chi connectivity index (χ3v) is 6.93. The van der Waals surface area contributed by atoms with Gasteiger partial charge in [0.2, 0.25) is 5.91 Å². The normalized spacial score (nSPS) is 20.2. The Kier molecular flexibility index (Phi) is 5.61. The number of nitriles is 1. The second-order valence-electron chi connectivity index (χ2n) is 8.98. The molecule has 176 valence electrons. The number of aromatic nitrogens is 2. The van der Waals surface area contributed by atoms with Crippen LogP contribution in [0.5, 0.6) is 5.75 Å². The number of fused-ring (bicyclic) bond motifs is 2. The number of anilines is 1. The molecule has 8 nitrogen and oxygen atoms in total. The van der Waals surface area contributed by atoms with Crippen LogP contribution in [-0.4, -0.2) is 33.4 Å². The predicted octanol–water partition coefficient (Wildman–Crippen LogP) is 3.82. The fourth-order valence-electron chi connectivity index (χ4n) is 5.01. The van der Waals surface area contributed by atoms with E-state index >= 15 is 0 Å². The van der Waals surface area contributed by atoms with Crippen molar-refractivity contribution in [3.05, 3.63) is 77.5 Å². The fourth-order valence-corrected chi connectivity index (χ4v) is 5.01. The monoisotopic (exact) mass is 468 g/mol. The van der Waals surface area contributed by atoms with E-state index in [0.29, 0.717) is 24.3 Å². The number of aryl methyl sites for hydroxylation is 1. The van der Waals surface area contributed by atoms with Gasteiger partial charge in [0.05, 0.1) is 23.9 Å². The molecular formula is C27H24N4O4. The van der Waals surface area contributed by atoms with E-state index in [-0.39, 0.29) is 17.2 Å². The van der Waals surface area contributed by atoms with Gasteiger partial charge in [-0.25, -0.2) is 4.79 Å². The first-order chi connectivity index (χ1) is 16.9. The molecule has 2 aliphatic rings. The molecule has 3 aromatic rings. The highest BCUT2D eigenvalue weighted by atomic mass is 16.5. The minimum absolute atomic E-state index is 0.109. The number of hydrogen-bond donors (Lipinski definition) is 2. The van der Waals surface area contributed by atoms with Crippen molar-refractivity contribution >= 4 is 17.6 Å². The van der Waals surface area contributed by atoms with Crippen LogP contribution < -0.4 is 10.1 Å². The number of benzene rings is 2. The van der Waals surface area contributed by atoms with E-state index in [9.17, 15) is 14.9 Å². The van der Waals surface area contributed by atoms with Crippen molar-refractivity contribution in [3.8, 4) is 23.1 Å². The Morgan fingerprint density at radius 2 is 2.17 bits per heavy atom. The first kappa shape index (κ1) is 22.4. The third-order valence-electron chi connectivity index (χ3n) is 6.93. The highest BCUT2D eigenvalue weighted by molar-refractivity contribution is 5.97. The van der Waals surface area contributed by atoms with E-state index in [1.165, 1.54) is 6.08 Å². The van der Waals surface area contributed by atoms with Crippen LogP contribution >= 0.6 is 0 Å². The van der Waals surface area contributed by atoms with Crippen molar-refractivity contribution in [3.63, 3.8) is 0 Å². The molecule has 2 aromatic carbocycles. The number of carbonyl (C=O) groups excluding carboxylic acids is 1. The van der Waals surface area contributed by atoms with E-state index in [4.69, 9.17) is 9.84 Å². The number of carbonyl (C=O) groups is 2. The van der Waals surface area contributed by atoms with Crippen molar-refractivity contribution < 1.29 is 19.4 Å². The van der Waals surface area contributed by atoms with Gasteiger partial charge < -0.3 is 15.2 Å². The SMILES string of the molecule is Cn1nccc1-c1ccc2c(c1)[C@]1(CCO2)C[C@H]1C(=O)Nc1cc(C#N)ccc1CC=CC(=O)O. The van der Waals surface area contributed by atoms with Crippen LogP contribution in [0.4, 0.5) is 5.69 Å². The minimum atomic E-state index is -1.03. The maximum absolute atomic E-state index is 13.4. The minimum Gasteiger partial charge on any atom is -0.493 e. The molecule has 35 heavy (non-hydrogen) atoms. The molecule has 0 unspecified atom stereocenters. The molecule has 1 aliphatic heterocycles. The number of carboxylic acids is 1. The van der Waals surface area contributed by atoms with E-state index in [1.54, 1.807) is 24.4 Å². The van der Waals surface area contributed by atoms with Gasteiger partial charge in [-0.05, 0) is 61.2 Å². The van der Waals surface area contributed by atoms with Gasteiger partial charge in [0, 0.05) is 47.5 Å². The maximum atomic E-state index is 13.4. The summed E-state index contributed by atoms with van der Waals surface area (Å²) in [6, 6.07) is 15.2.